The Labute approximate surface area is 128 Å². The molecule has 2 nitrogen and oxygen atoms in total. The molecular weight excluding hydrogens is 256 g/mol. The molecule has 0 unspecified atom stereocenters. The highest BCUT2D eigenvalue weighted by Crippen LogP contribution is 2.53. The zero-order valence-electron chi connectivity index (χ0n) is 12.9. The fourth-order valence-corrected chi connectivity index (χ4v) is 5.41. The maximum Gasteiger partial charge on any atom is 0.0206 e. The van der Waals surface area contributed by atoms with Crippen molar-refractivity contribution in [3.05, 3.63) is 35.9 Å². The maximum absolute atomic E-state index is 3.89. The lowest BCUT2D eigenvalue weighted by Gasteiger charge is -2.54. The summed E-state index contributed by atoms with van der Waals surface area (Å²) >= 11 is 0. The molecule has 21 heavy (non-hydrogen) atoms. The molecule has 1 aromatic carbocycles. The first kappa shape index (κ1) is 13.8. The Balaban J connectivity index is 1.19. The average Bonchev–Trinajstić information content (AvgIpc) is 2.50. The SMILES string of the molecule is c1ccc(CNCCNC2C3CC4CC(C3)CC2C4)cc1. The molecule has 0 amide bonds. The van der Waals surface area contributed by atoms with E-state index in [9.17, 15) is 0 Å². The van der Waals surface area contributed by atoms with Crippen LogP contribution in [0.2, 0.25) is 0 Å². The molecule has 0 spiro atoms. The number of benzene rings is 1. The molecule has 4 saturated carbocycles. The first-order valence-corrected chi connectivity index (χ1v) is 8.86. The number of hydrogen-bond donors (Lipinski definition) is 2. The molecule has 0 aromatic heterocycles. The lowest BCUT2D eigenvalue weighted by atomic mass is 9.54. The molecule has 1 aromatic rings. The Bertz CT molecular complexity index is 428. The minimum absolute atomic E-state index is 0.830. The lowest BCUT2D eigenvalue weighted by molar-refractivity contribution is -0.0133. The molecule has 4 bridgehead atoms. The average molecular weight is 284 g/mol. The Morgan fingerprint density at radius 2 is 1.48 bits per heavy atom. The molecule has 4 aliphatic rings. The Morgan fingerprint density at radius 3 is 2.14 bits per heavy atom. The Kier molecular flexibility index (Phi) is 4.00. The second-order valence-corrected chi connectivity index (χ2v) is 7.57. The minimum atomic E-state index is 0.830. The quantitative estimate of drug-likeness (QED) is 0.784. The van der Waals surface area contributed by atoms with Crippen LogP contribution in [0.15, 0.2) is 30.3 Å². The van der Waals surface area contributed by atoms with E-state index in [1.54, 1.807) is 6.42 Å². The smallest absolute Gasteiger partial charge is 0.0206 e. The van der Waals surface area contributed by atoms with Crippen LogP contribution in [-0.4, -0.2) is 19.1 Å². The van der Waals surface area contributed by atoms with Crippen LogP contribution in [0.1, 0.15) is 37.7 Å². The van der Waals surface area contributed by atoms with Gasteiger partial charge >= 0.3 is 0 Å². The zero-order chi connectivity index (χ0) is 14.1. The highest BCUT2D eigenvalue weighted by molar-refractivity contribution is 5.14. The molecule has 0 saturated heterocycles. The van der Waals surface area contributed by atoms with Crippen LogP contribution in [0.25, 0.3) is 0 Å². The van der Waals surface area contributed by atoms with Crippen molar-refractivity contribution in [1.29, 1.82) is 0 Å². The van der Waals surface area contributed by atoms with Crippen LogP contribution in [0.4, 0.5) is 0 Å². The van der Waals surface area contributed by atoms with Crippen molar-refractivity contribution in [2.24, 2.45) is 23.7 Å². The van der Waals surface area contributed by atoms with Crippen LogP contribution >= 0.6 is 0 Å². The number of hydrogen-bond acceptors (Lipinski definition) is 2. The van der Waals surface area contributed by atoms with Gasteiger partial charge in [0.05, 0.1) is 0 Å². The second-order valence-electron chi connectivity index (χ2n) is 7.57. The van der Waals surface area contributed by atoms with Crippen LogP contribution < -0.4 is 10.6 Å². The van der Waals surface area contributed by atoms with Gasteiger partial charge in [-0.1, -0.05) is 30.3 Å². The van der Waals surface area contributed by atoms with Gasteiger partial charge < -0.3 is 10.6 Å². The van der Waals surface area contributed by atoms with E-state index in [1.165, 1.54) is 31.2 Å². The first-order valence-electron chi connectivity index (χ1n) is 8.86. The van der Waals surface area contributed by atoms with E-state index in [0.29, 0.717) is 0 Å². The standard InChI is InChI=1S/C19H28N2/c1-2-4-14(5-3-1)13-20-6-7-21-19-17-9-15-8-16(11-17)12-18(19)10-15/h1-5,15-21H,6-13H2. The largest absolute Gasteiger partial charge is 0.312 e. The van der Waals surface area contributed by atoms with Gasteiger partial charge in [0.1, 0.15) is 0 Å². The van der Waals surface area contributed by atoms with Crippen molar-refractivity contribution in [3.63, 3.8) is 0 Å². The van der Waals surface area contributed by atoms with Gasteiger partial charge in [0.25, 0.3) is 0 Å². The molecule has 5 rings (SSSR count). The summed E-state index contributed by atoms with van der Waals surface area (Å²) in [6.07, 6.45) is 7.62. The highest BCUT2D eigenvalue weighted by atomic mass is 15.0. The van der Waals surface area contributed by atoms with Gasteiger partial charge in [0, 0.05) is 25.7 Å². The van der Waals surface area contributed by atoms with Crippen molar-refractivity contribution >= 4 is 0 Å². The molecular formula is C19H28N2. The monoisotopic (exact) mass is 284 g/mol. The predicted octanol–water partition coefficient (Wildman–Crippen LogP) is 3.19. The zero-order valence-corrected chi connectivity index (χ0v) is 12.9. The third-order valence-electron chi connectivity index (χ3n) is 6.08. The topological polar surface area (TPSA) is 24.1 Å². The van der Waals surface area contributed by atoms with Crippen LogP contribution in [0.3, 0.4) is 0 Å². The molecule has 2 N–H and O–H groups in total. The van der Waals surface area contributed by atoms with E-state index < -0.39 is 0 Å². The van der Waals surface area contributed by atoms with Crippen molar-refractivity contribution in [3.8, 4) is 0 Å². The van der Waals surface area contributed by atoms with E-state index in [4.69, 9.17) is 0 Å². The third-order valence-corrected chi connectivity index (χ3v) is 6.08. The van der Waals surface area contributed by atoms with Crippen molar-refractivity contribution in [1.82, 2.24) is 10.6 Å². The summed E-state index contributed by atoms with van der Waals surface area (Å²) in [6.45, 7) is 3.20. The summed E-state index contributed by atoms with van der Waals surface area (Å²) in [5.41, 5.74) is 1.38. The summed E-state index contributed by atoms with van der Waals surface area (Å²) in [7, 11) is 0. The summed E-state index contributed by atoms with van der Waals surface area (Å²) in [5, 5.41) is 7.45. The van der Waals surface area contributed by atoms with Gasteiger partial charge in [-0.25, -0.2) is 0 Å². The van der Waals surface area contributed by atoms with Crippen molar-refractivity contribution in [2.75, 3.05) is 13.1 Å². The Morgan fingerprint density at radius 1 is 0.810 bits per heavy atom. The van der Waals surface area contributed by atoms with E-state index >= 15 is 0 Å². The number of nitrogens with one attached hydrogen (secondary N) is 2. The normalized spacial score (nSPS) is 37.0. The molecule has 0 aliphatic heterocycles. The van der Waals surface area contributed by atoms with Gasteiger partial charge in [-0.2, -0.15) is 0 Å². The van der Waals surface area contributed by atoms with Crippen LogP contribution in [0, 0.1) is 23.7 Å². The van der Waals surface area contributed by atoms with Gasteiger partial charge in [0.15, 0.2) is 0 Å². The fourth-order valence-electron chi connectivity index (χ4n) is 5.41. The van der Waals surface area contributed by atoms with Gasteiger partial charge in [-0.3, -0.25) is 0 Å². The lowest BCUT2D eigenvalue weighted by Crippen LogP contribution is -2.55. The van der Waals surface area contributed by atoms with Gasteiger partial charge in [-0.15, -0.1) is 0 Å². The molecule has 0 radical (unpaired) electrons. The summed E-state index contributed by atoms with van der Waals surface area (Å²) < 4.78 is 0. The van der Waals surface area contributed by atoms with Gasteiger partial charge in [-0.05, 0) is 61.3 Å². The van der Waals surface area contributed by atoms with Crippen LogP contribution in [-0.2, 0) is 6.54 Å². The summed E-state index contributed by atoms with van der Waals surface area (Å²) in [4.78, 5) is 0. The highest BCUT2D eigenvalue weighted by Gasteiger charge is 2.47. The number of rotatable bonds is 6. The molecule has 4 fully saturated rings. The van der Waals surface area contributed by atoms with Crippen molar-refractivity contribution < 1.29 is 0 Å². The predicted molar refractivity (Wildman–Crippen MR) is 87.0 cm³/mol. The third kappa shape index (κ3) is 3.02. The molecule has 4 aliphatic carbocycles. The van der Waals surface area contributed by atoms with E-state index in [-0.39, 0.29) is 0 Å². The second kappa shape index (κ2) is 6.10. The van der Waals surface area contributed by atoms with E-state index in [1.807, 2.05) is 0 Å². The summed E-state index contributed by atoms with van der Waals surface area (Å²) in [6, 6.07) is 11.5. The molecule has 0 atom stereocenters. The van der Waals surface area contributed by atoms with Crippen molar-refractivity contribution in [2.45, 2.75) is 44.7 Å². The fraction of sp³-hybridized carbons (Fsp3) is 0.684. The molecule has 2 heteroatoms. The van der Waals surface area contributed by atoms with Crippen LogP contribution in [0.5, 0.6) is 0 Å². The first-order chi connectivity index (χ1) is 10.4. The minimum Gasteiger partial charge on any atom is -0.312 e. The van der Waals surface area contributed by atoms with Gasteiger partial charge in [0.2, 0.25) is 0 Å². The Hall–Kier alpha value is -0.860. The van der Waals surface area contributed by atoms with E-state index in [0.717, 1.165) is 49.3 Å². The molecule has 114 valence electrons. The molecule has 0 heterocycles. The maximum atomic E-state index is 3.89. The summed E-state index contributed by atoms with van der Waals surface area (Å²) in [5.74, 6) is 4.16. The van der Waals surface area contributed by atoms with E-state index in [2.05, 4.69) is 41.0 Å².